The zero-order valence-corrected chi connectivity index (χ0v) is 19.2. The Hall–Kier alpha value is -2.82. The monoisotopic (exact) mass is 464 g/mol. The molecule has 1 heterocycles. The highest BCUT2D eigenvalue weighted by Gasteiger charge is 2.29. The van der Waals surface area contributed by atoms with Crippen LogP contribution in [0.4, 0.5) is 5.69 Å². The van der Waals surface area contributed by atoms with E-state index in [-0.39, 0.29) is 36.1 Å². The second-order valence-corrected chi connectivity index (χ2v) is 9.03. The number of hydrogen-bond acceptors (Lipinski definition) is 7. The maximum Gasteiger partial charge on any atom is 0.246 e. The van der Waals surface area contributed by atoms with Gasteiger partial charge in [0.1, 0.15) is 10.6 Å². The summed E-state index contributed by atoms with van der Waals surface area (Å²) in [6.45, 7) is 1.23. The smallest absolute Gasteiger partial charge is 0.246 e. The second-order valence-electron chi connectivity index (χ2n) is 7.12. The SMILES string of the molecule is COc1ccc(CCC(=O)Nc2ccc(OC)c(S(=O)(=O)N3CCOCC3)c2)cc1OC. The van der Waals surface area contributed by atoms with Crippen LogP contribution < -0.4 is 19.5 Å². The van der Waals surface area contributed by atoms with Crippen molar-refractivity contribution in [2.24, 2.45) is 0 Å². The maximum atomic E-state index is 13.1. The number of nitrogens with zero attached hydrogens (tertiary/aromatic N) is 1. The van der Waals surface area contributed by atoms with Crippen molar-refractivity contribution in [1.82, 2.24) is 4.31 Å². The van der Waals surface area contributed by atoms with Crippen LogP contribution in [0.15, 0.2) is 41.3 Å². The van der Waals surface area contributed by atoms with E-state index in [1.807, 2.05) is 12.1 Å². The van der Waals surface area contributed by atoms with Crippen LogP contribution in [-0.2, 0) is 26.0 Å². The number of amides is 1. The summed E-state index contributed by atoms with van der Waals surface area (Å²) < 4.78 is 48.5. The van der Waals surface area contributed by atoms with Gasteiger partial charge >= 0.3 is 0 Å². The molecule has 3 rings (SSSR count). The number of carbonyl (C=O) groups excluding carboxylic acids is 1. The van der Waals surface area contributed by atoms with Crippen LogP contribution >= 0.6 is 0 Å². The number of rotatable bonds is 9. The number of methoxy groups -OCH3 is 3. The number of anilines is 1. The molecule has 0 unspecified atom stereocenters. The summed E-state index contributed by atoms with van der Waals surface area (Å²) in [5.41, 5.74) is 1.30. The van der Waals surface area contributed by atoms with Gasteiger partial charge in [0.05, 0.1) is 34.5 Å². The third-order valence-electron chi connectivity index (χ3n) is 5.12. The number of benzene rings is 2. The minimum absolute atomic E-state index is 0.0135. The summed E-state index contributed by atoms with van der Waals surface area (Å²) in [6, 6.07) is 10.1. The lowest BCUT2D eigenvalue weighted by molar-refractivity contribution is -0.116. The van der Waals surface area contributed by atoms with Gasteiger partial charge in [-0.05, 0) is 42.3 Å². The molecule has 0 bridgehead atoms. The molecule has 9 nitrogen and oxygen atoms in total. The molecule has 1 amide bonds. The Labute approximate surface area is 188 Å². The summed E-state index contributed by atoms with van der Waals surface area (Å²) in [5, 5.41) is 2.77. The summed E-state index contributed by atoms with van der Waals surface area (Å²) in [6.07, 6.45) is 0.703. The van der Waals surface area contributed by atoms with Crippen LogP contribution in [0.2, 0.25) is 0 Å². The van der Waals surface area contributed by atoms with Crippen LogP contribution in [0.1, 0.15) is 12.0 Å². The largest absolute Gasteiger partial charge is 0.495 e. The molecule has 0 spiro atoms. The van der Waals surface area contributed by atoms with Crippen LogP contribution in [0.25, 0.3) is 0 Å². The normalized spacial score (nSPS) is 14.6. The number of nitrogens with one attached hydrogen (secondary N) is 1. The third kappa shape index (κ3) is 5.50. The van der Waals surface area contributed by atoms with Crippen molar-refractivity contribution in [2.45, 2.75) is 17.7 Å². The van der Waals surface area contributed by atoms with Gasteiger partial charge in [0.15, 0.2) is 11.5 Å². The number of ether oxygens (including phenoxy) is 4. The van der Waals surface area contributed by atoms with Crippen molar-refractivity contribution in [3.8, 4) is 17.2 Å². The zero-order chi connectivity index (χ0) is 23.1. The first kappa shape index (κ1) is 23.8. The first-order valence-electron chi connectivity index (χ1n) is 10.2. The van der Waals surface area contributed by atoms with Gasteiger partial charge in [-0.2, -0.15) is 4.31 Å². The van der Waals surface area contributed by atoms with Gasteiger partial charge in [0.25, 0.3) is 0 Å². The third-order valence-corrected chi connectivity index (χ3v) is 7.04. The molecule has 0 aliphatic carbocycles. The molecule has 0 atom stereocenters. The van der Waals surface area contributed by atoms with Crippen LogP contribution in [0.5, 0.6) is 17.2 Å². The number of carbonyl (C=O) groups is 1. The molecular weight excluding hydrogens is 436 g/mol. The molecular formula is C22H28N2O7S. The van der Waals surface area contributed by atoms with E-state index in [1.165, 1.54) is 23.5 Å². The highest BCUT2D eigenvalue weighted by atomic mass is 32.2. The highest BCUT2D eigenvalue weighted by Crippen LogP contribution is 2.31. The minimum atomic E-state index is -3.78. The van der Waals surface area contributed by atoms with Crippen molar-refractivity contribution < 1.29 is 32.2 Å². The van der Waals surface area contributed by atoms with Gasteiger partial charge in [0.2, 0.25) is 15.9 Å². The Morgan fingerprint density at radius 2 is 1.62 bits per heavy atom. The van der Waals surface area contributed by atoms with E-state index in [0.717, 1.165) is 5.56 Å². The Kier molecular flexibility index (Phi) is 7.94. The molecule has 32 heavy (non-hydrogen) atoms. The zero-order valence-electron chi connectivity index (χ0n) is 18.4. The topological polar surface area (TPSA) is 103 Å². The molecule has 2 aromatic rings. The van der Waals surface area contributed by atoms with E-state index in [4.69, 9.17) is 18.9 Å². The summed E-state index contributed by atoms with van der Waals surface area (Å²) >= 11 is 0. The van der Waals surface area contributed by atoms with Crippen molar-refractivity contribution in [1.29, 1.82) is 0 Å². The average Bonchev–Trinajstić information content (AvgIpc) is 2.83. The lowest BCUT2D eigenvalue weighted by atomic mass is 10.1. The quantitative estimate of drug-likeness (QED) is 0.607. The van der Waals surface area contributed by atoms with Gasteiger partial charge in [0, 0.05) is 25.2 Å². The standard InChI is InChI=1S/C22H28N2O7S/c1-28-18-7-4-16(14-20(18)30-3)5-9-22(25)23-17-6-8-19(29-2)21(15-17)32(26,27)24-10-12-31-13-11-24/h4,6-8,14-15H,5,9-13H2,1-3H3,(H,23,25). The van der Waals surface area contributed by atoms with E-state index >= 15 is 0 Å². The Morgan fingerprint density at radius 1 is 0.969 bits per heavy atom. The molecule has 10 heteroatoms. The van der Waals surface area contributed by atoms with Crippen molar-refractivity contribution in [3.05, 3.63) is 42.0 Å². The van der Waals surface area contributed by atoms with E-state index < -0.39 is 10.0 Å². The second kappa shape index (κ2) is 10.7. The molecule has 0 radical (unpaired) electrons. The first-order chi connectivity index (χ1) is 15.4. The fraction of sp³-hybridized carbons (Fsp3) is 0.409. The van der Waals surface area contributed by atoms with Gasteiger partial charge in [-0.25, -0.2) is 8.42 Å². The molecule has 1 aliphatic rings. The molecule has 1 fully saturated rings. The van der Waals surface area contributed by atoms with Crippen LogP contribution in [0.3, 0.4) is 0 Å². The van der Waals surface area contributed by atoms with Crippen molar-refractivity contribution >= 4 is 21.6 Å². The molecule has 0 aromatic heterocycles. The van der Waals surface area contributed by atoms with Crippen molar-refractivity contribution in [2.75, 3.05) is 52.9 Å². The lowest BCUT2D eigenvalue weighted by Crippen LogP contribution is -2.40. The van der Waals surface area contributed by atoms with Gasteiger partial charge in [-0.3, -0.25) is 4.79 Å². The molecule has 2 aromatic carbocycles. The van der Waals surface area contributed by atoms with Gasteiger partial charge < -0.3 is 24.3 Å². The summed E-state index contributed by atoms with van der Waals surface area (Å²) in [5.74, 6) is 1.20. The number of morpholine rings is 1. The molecule has 1 saturated heterocycles. The number of hydrogen-bond donors (Lipinski definition) is 1. The summed E-state index contributed by atoms with van der Waals surface area (Å²) in [4.78, 5) is 12.5. The molecule has 1 N–H and O–H groups in total. The fourth-order valence-electron chi connectivity index (χ4n) is 3.40. The predicted octanol–water partition coefficient (Wildman–Crippen LogP) is 2.30. The minimum Gasteiger partial charge on any atom is -0.495 e. The maximum absolute atomic E-state index is 13.1. The molecule has 0 saturated carbocycles. The highest BCUT2D eigenvalue weighted by molar-refractivity contribution is 7.89. The summed E-state index contributed by atoms with van der Waals surface area (Å²) in [7, 11) is 0.749. The van der Waals surface area contributed by atoms with Gasteiger partial charge in [-0.1, -0.05) is 6.07 Å². The number of sulfonamides is 1. The first-order valence-corrected chi connectivity index (χ1v) is 11.6. The number of aryl methyl sites for hydroxylation is 1. The molecule has 174 valence electrons. The van der Waals surface area contributed by atoms with Crippen molar-refractivity contribution in [3.63, 3.8) is 0 Å². The predicted molar refractivity (Wildman–Crippen MR) is 119 cm³/mol. The Morgan fingerprint density at radius 3 is 2.28 bits per heavy atom. The van der Waals surface area contributed by atoms with Gasteiger partial charge in [-0.15, -0.1) is 0 Å². The van der Waals surface area contributed by atoms with E-state index in [2.05, 4.69) is 5.32 Å². The Bertz CT molecular complexity index is 1050. The van der Waals surface area contributed by atoms with Crippen LogP contribution in [0, 0.1) is 0 Å². The lowest BCUT2D eigenvalue weighted by Gasteiger charge is -2.26. The van der Waals surface area contributed by atoms with E-state index in [9.17, 15) is 13.2 Å². The Balaban J connectivity index is 1.71. The fourth-order valence-corrected chi connectivity index (χ4v) is 4.99. The average molecular weight is 465 g/mol. The van der Waals surface area contributed by atoms with Crippen LogP contribution in [-0.4, -0.2) is 66.3 Å². The van der Waals surface area contributed by atoms with E-state index in [1.54, 1.807) is 26.4 Å². The molecule has 1 aliphatic heterocycles. The van der Waals surface area contributed by atoms with E-state index in [0.29, 0.717) is 36.8 Å².